The van der Waals surface area contributed by atoms with Crippen LogP contribution >= 0.6 is 0 Å². The van der Waals surface area contributed by atoms with Crippen LogP contribution in [-0.2, 0) is 4.79 Å². The summed E-state index contributed by atoms with van der Waals surface area (Å²) in [7, 11) is 0. The van der Waals surface area contributed by atoms with E-state index in [1.165, 1.54) is 6.07 Å². The zero-order chi connectivity index (χ0) is 17.8. The third kappa shape index (κ3) is 4.76. The van der Waals surface area contributed by atoms with Gasteiger partial charge < -0.3 is 10.2 Å². The van der Waals surface area contributed by atoms with Crippen molar-refractivity contribution in [2.75, 3.05) is 42.9 Å². The van der Waals surface area contributed by atoms with E-state index in [4.69, 9.17) is 0 Å². The number of hydrogen-bond acceptors (Lipinski definition) is 4. The number of piperazine rings is 1. The highest BCUT2D eigenvalue weighted by Gasteiger charge is 2.20. The Morgan fingerprint density at radius 2 is 1.80 bits per heavy atom. The molecule has 1 aliphatic rings. The third-order valence-corrected chi connectivity index (χ3v) is 4.27. The first-order valence-corrected chi connectivity index (χ1v) is 8.47. The minimum Gasteiger partial charge on any atom is -0.354 e. The highest BCUT2D eigenvalue weighted by molar-refractivity contribution is 5.92. The number of amides is 1. The number of pyridine rings is 1. The van der Waals surface area contributed by atoms with Gasteiger partial charge in [-0.1, -0.05) is 12.1 Å². The lowest BCUT2D eigenvalue weighted by Crippen LogP contribution is -2.49. The number of aromatic nitrogens is 1. The monoisotopic (exact) mass is 342 g/mol. The molecule has 0 aliphatic carbocycles. The highest BCUT2D eigenvalue weighted by atomic mass is 19.1. The van der Waals surface area contributed by atoms with Gasteiger partial charge in [0.1, 0.15) is 5.82 Å². The van der Waals surface area contributed by atoms with Gasteiger partial charge in [0.05, 0.1) is 6.54 Å². The minimum atomic E-state index is -0.465. The van der Waals surface area contributed by atoms with Crippen LogP contribution in [0.3, 0.4) is 0 Å². The zero-order valence-corrected chi connectivity index (χ0v) is 14.6. The summed E-state index contributed by atoms with van der Waals surface area (Å²) >= 11 is 0. The van der Waals surface area contributed by atoms with Crippen LogP contribution in [0.25, 0.3) is 0 Å². The Balaban J connectivity index is 1.51. The van der Waals surface area contributed by atoms with Gasteiger partial charge in [-0.05, 0) is 49.2 Å². The largest absolute Gasteiger partial charge is 0.354 e. The van der Waals surface area contributed by atoms with Gasteiger partial charge in [0.2, 0.25) is 11.9 Å². The van der Waals surface area contributed by atoms with E-state index in [9.17, 15) is 9.18 Å². The molecule has 1 saturated heterocycles. The first kappa shape index (κ1) is 17.4. The summed E-state index contributed by atoms with van der Waals surface area (Å²) in [6.07, 6.45) is 0. The van der Waals surface area contributed by atoms with Crippen LogP contribution in [0.1, 0.15) is 11.1 Å². The summed E-state index contributed by atoms with van der Waals surface area (Å²) in [5, 5.41) is 2.97. The van der Waals surface area contributed by atoms with Crippen LogP contribution in [0.2, 0.25) is 0 Å². The topological polar surface area (TPSA) is 48.5 Å². The van der Waals surface area contributed by atoms with Crippen molar-refractivity contribution in [1.82, 2.24) is 9.88 Å². The molecule has 25 heavy (non-hydrogen) atoms. The molecule has 132 valence electrons. The number of aryl methyl sites for hydroxylation is 2. The summed E-state index contributed by atoms with van der Waals surface area (Å²) in [6, 6.07) is 10.8. The van der Waals surface area contributed by atoms with Gasteiger partial charge in [-0.2, -0.15) is 4.39 Å². The van der Waals surface area contributed by atoms with E-state index in [0.29, 0.717) is 12.4 Å². The Morgan fingerprint density at radius 1 is 1.12 bits per heavy atom. The SMILES string of the molecule is Cc1cc(C)cc(NC(=O)CN2CCN(c3cccc(F)n3)CC2)c1. The number of halogens is 1. The Bertz CT molecular complexity index is 737. The summed E-state index contributed by atoms with van der Waals surface area (Å²) in [5.74, 6) is 0.175. The van der Waals surface area contributed by atoms with Crippen molar-refractivity contribution in [3.8, 4) is 0 Å². The van der Waals surface area contributed by atoms with E-state index >= 15 is 0 Å². The molecule has 0 saturated carbocycles. The van der Waals surface area contributed by atoms with Crippen LogP contribution in [0.4, 0.5) is 15.9 Å². The van der Waals surface area contributed by atoms with Gasteiger partial charge in [0.25, 0.3) is 0 Å². The van der Waals surface area contributed by atoms with Crippen molar-refractivity contribution < 1.29 is 9.18 Å². The molecule has 1 N–H and O–H groups in total. The Labute approximate surface area is 147 Å². The normalized spacial score (nSPS) is 15.2. The summed E-state index contributed by atoms with van der Waals surface area (Å²) < 4.78 is 13.2. The van der Waals surface area contributed by atoms with Crippen LogP contribution in [0, 0.1) is 19.8 Å². The first-order valence-electron chi connectivity index (χ1n) is 8.47. The molecule has 1 aromatic carbocycles. The van der Waals surface area contributed by atoms with Gasteiger partial charge >= 0.3 is 0 Å². The molecule has 1 aliphatic heterocycles. The summed E-state index contributed by atoms with van der Waals surface area (Å²) in [4.78, 5) is 20.3. The number of nitrogens with zero attached hydrogens (tertiary/aromatic N) is 3. The predicted octanol–water partition coefficient (Wildman–Crippen LogP) is 2.60. The molecule has 0 unspecified atom stereocenters. The molecular formula is C19H23FN4O. The highest BCUT2D eigenvalue weighted by Crippen LogP contribution is 2.15. The second kappa shape index (κ2) is 7.61. The molecular weight excluding hydrogens is 319 g/mol. The third-order valence-electron chi connectivity index (χ3n) is 4.27. The van der Waals surface area contributed by atoms with Gasteiger partial charge in [0.15, 0.2) is 0 Å². The van der Waals surface area contributed by atoms with E-state index in [-0.39, 0.29) is 5.91 Å². The van der Waals surface area contributed by atoms with E-state index < -0.39 is 5.95 Å². The second-order valence-corrected chi connectivity index (χ2v) is 6.51. The average molecular weight is 342 g/mol. The van der Waals surface area contributed by atoms with E-state index in [1.54, 1.807) is 6.07 Å². The minimum absolute atomic E-state index is 0.0117. The Morgan fingerprint density at radius 3 is 2.44 bits per heavy atom. The maximum atomic E-state index is 13.2. The van der Waals surface area contributed by atoms with Crippen molar-refractivity contribution in [2.24, 2.45) is 0 Å². The quantitative estimate of drug-likeness (QED) is 0.868. The maximum absolute atomic E-state index is 13.2. The molecule has 1 fully saturated rings. The molecule has 0 atom stereocenters. The number of anilines is 2. The van der Waals surface area contributed by atoms with Gasteiger partial charge in [-0.25, -0.2) is 4.98 Å². The molecule has 0 bridgehead atoms. The van der Waals surface area contributed by atoms with Crippen LogP contribution < -0.4 is 10.2 Å². The summed E-state index contributed by atoms with van der Waals surface area (Å²) in [6.45, 7) is 7.35. The van der Waals surface area contributed by atoms with Crippen molar-refractivity contribution in [3.05, 3.63) is 53.5 Å². The number of carbonyl (C=O) groups excluding carboxylic acids is 1. The van der Waals surface area contributed by atoms with E-state index in [2.05, 4.69) is 21.3 Å². The fraction of sp³-hybridized carbons (Fsp3) is 0.368. The zero-order valence-electron chi connectivity index (χ0n) is 14.6. The van der Waals surface area contributed by atoms with Crippen molar-refractivity contribution in [2.45, 2.75) is 13.8 Å². The molecule has 1 aromatic heterocycles. The van der Waals surface area contributed by atoms with Crippen molar-refractivity contribution >= 4 is 17.4 Å². The van der Waals surface area contributed by atoms with Gasteiger partial charge in [0, 0.05) is 31.9 Å². The number of hydrogen-bond donors (Lipinski definition) is 1. The van der Waals surface area contributed by atoms with Crippen molar-refractivity contribution in [1.29, 1.82) is 0 Å². The molecule has 5 nitrogen and oxygen atoms in total. The molecule has 1 amide bonds. The molecule has 0 radical (unpaired) electrons. The molecule has 2 heterocycles. The summed E-state index contributed by atoms with van der Waals surface area (Å²) in [5.41, 5.74) is 3.10. The maximum Gasteiger partial charge on any atom is 0.238 e. The smallest absolute Gasteiger partial charge is 0.238 e. The molecule has 0 spiro atoms. The lowest BCUT2D eigenvalue weighted by Gasteiger charge is -2.34. The van der Waals surface area contributed by atoms with Crippen LogP contribution in [0.5, 0.6) is 0 Å². The van der Waals surface area contributed by atoms with Crippen LogP contribution in [0.15, 0.2) is 36.4 Å². The molecule has 2 aromatic rings. The standard InChI is InChI=1S/C19H23FN4O/c1-14-10-15(2)12-16(11-14)21-19(25)13-23-6-8-24(9-7-23)18-5-3-4-17(20)22-18/h3-5,10-12H,6-9,13H2,1-2H3,(H,21,25). The average Bonchev–Trinajstić information content (AvgIpc) is 2.54. The fourth-order valence-corrected chi connectivity index (χ4v) is 3.16. The van der Waals surface area contributed by atoms with E-state index in [1.807, 2.05) is 36.9 Å². The lowest BCUT2D eigenvalue weighted by molar-refractivity contribution is -0.117. The molecule has 3 rings (SSSR count). The fourth-order valence-electron chi connectivity index (χ4n) is 3.16. The van der Waals surface area contributed by atoms with E-state index in [0.717, 1.165) is 43.0 Å². The van der Waals surface area contributed by atoms with Crippen LogP contribution in [-0.4, -0.2) is 48.5 Å². The Kier molecular flexibility index (Phi) is 5.28. The van der Waals surface area contributed by atoms with Gasteiger partial charge in [-0.3, -0.25) is 9.69 Å². The molecule has 6 heteroatoms. The number of nitrogens with one attached hydrogen (secondary N) is 1. The van der Waals surface area contributed by atoms with Crippen molar-refractivity contribution in [3.63, 3.8) is 0 Å². The number of benzene rings is 1. The number of rotatable bonds is 4. The lowest BCUT2D eigenvalue weighted by atomic mass is 10.1. The predicted molar refractivity (Wildman–Crippen MR) is 97.4 cm³/mol. The van der Waals surface area contributed by atoms with Gasteiger partial charge in [-0.15, -0.1) is 0 Å². The first-order chi connectivity index (χ1) is 12.0. The number of carbonyl (C=O) groups is 1. The Hall–Kier alpha value is -2.47. The second-order valence-electron chi connectivity index (χ2n) is 6.51.